The van der Waals surface area contributed by atoms with Crippen molar-refractivity contribution in [3.05, 3.63) is 12.7 Å². The zero-order valence-electron chi connectivity index (χ0n) is 6.48. The standard InChI is InChI=1S/C7H14N2O/c1-4-5-9-6(2)7(10)8-3/h4,6,9H,1,5H2,2-3H3,(H,8,10). The Hall–Kier alpha value is -0.830. The first-order valence-corrected chi connectivity index (χ1v) is 3.28. The van der Waals surface area contributed by atoms with Gasteiger partial charge in [0.2, 0.25) is 5.91 Å². The van der Waals surface area contributed by atoms with E-state index in [-0.39, 0.29) is 11.9 Å². The van der Waals surface area contributed by atoms with E-state index in [1.54, 1.807) is 13.1 Å². The highest BCUT2D eigenvalue weighted by Gasteiger charge is 2.06. The van der Waals surface area contributed by atoms with Crippen molar-refractivity contribution in [2.24, 2.45) is 0 Å². The molecule has 3 nitrogen and oxygen atoms in total. The SMILES string of the molecule is C=CCNC(C)C(=O)NC. The van der Waals surface area contributed by atoms with E-state index in [0.717, 1.165) is 0 Å². The van der Waals surface area contributed by atoms with E-state index in [2.05, 4.69) is 17.2 Å². The van der Waals surface area contributed by atoms with Crippen LogP contribution < -0.4 is 10.6 Å². The van der Waals surface area contributed by atoms with Crippen LogP contribution in [0.3, 0.4) is 0 Å². The molecule has 1 atom stereocenters. The summed E-state index contributed by atoms with van der Waals surface area (Å²) in [5.74, 6) is 0.00171. The molecule has 0 aliphatic carbocycles. The Labute approximate surface area is 61.5 Å². The highest BCUT2D eigenvalue weighted by atomic mass is 16.2. The number of amides is 1. The maximum Gasteiger partial charge on any atom is 0.236 e. The van der Waals surface area contributed by atoms with Crippen LogP contribution in [0.1, 0.15) is 6.92 Å². The summed E-state index contributed by atoms with van der Waals surface area (Å²) in [4.78, 5) is 10.8. The number of hydrogen-bond donors (Lipinski definition) is 2. The number of rotatable bonds is 4. The molecule has 0 saturated carbocycles. The molecule has 58 valence electrons. The molecule has 0 aliphatic rings. The lowest BCUT2D eigenvalue weighted by Crippen LogP contribution is -2.40. The van der Waals surface area contributed by atoms with Gasteiger partial charge in [0.15, 0.2) is 0 Å². The van der Waals surface area contributed by atoms with Crippen molar-refractivity contribution < 1.29 is 4.79 Å². The number of nitrogens with one attached hydrogen (secondary N) is 2. The molecular weight excluding hydrogens is 128 g/mol. The van der Waals surface area contributed by atoms with Gasteiger partial charge < -0.3 is 10.6 Å². The number of carbonyl (C=O) groups is 1. The second-order valence-electron chi connectivity index (χ2n) is 2.03. The van der Waals surface area contributed by atoms with Crippen LogP contribution in [0.15, 0.2) is 12.7 Å². The van der Waals surface area contributed by atoms with Gasteiger partial charge in [-0.1, -0.05) is 6.08 Å². The molecule has 2 N–H and O–H groups in total. The maximum absolute atomic E-state index is 10.8. The van der Waals surface area contributed by atoms with Crippen LogP contribution in [-0.2, 0) is 4.79 Å². The van der Waals surface area contributed by atoms with Gasteiger partial charge in [-0.05, 0) is 6.92 Å². The summed E-state index contributed by atoms with van der Waals surface area (Å²) in [6, 6.07) is -0.136. The number of likely N-dealkylation sites (N-methyl/N-ethyl adjacent to an activating group) is 1. The van der Waals surface area contributed by atoms with Gasteiger partial charge in [0.05, 0.1) is 6.04 Å². The average molecular weight is 142 g/mol. The summed E-state index contributed by atoms with van der Waals surface area (Å²) in [5.41, 5.74) is 0. The van der Waals surface area contributed by atoms with Crippen molar-refractivity contribution in [2.75, 3.05) is 13.6 Å². The Morgan fingerprint density at radius 3 is 2.80 bits per heavy atom. The molecule has 0 aliphatic heterocycles. The van der Waals surface area contributed by atoms with Crippen molar-refractivity contribution in [3.8, 4) is 0 Å². The van der Waals surface area contributed by atoms with E-state index in [9.17, 15) is 4.79 Å². The molecule has 0 saturated heterocycles. The van der Waals surface area contributed by atoms with Crippen LogP contribution in [0.25, 0.3) is 0 Å². The lowest BCUT2D eigenvalue weighted by molar-refractivity contribution is -0.122. The molecule has 0 aromatic carbocycles. The average Bonchev–Trinajstić information content (AvgIpc) is 1.98. The number of hydrogen-bond acceptors (Lipinski definition) is 2. The minimum absolute atomic E-state index is 0.00171. The fraction of sp³-hybridized carbons (Fsp3) is 0.571. The van der Waals surface area contributed by atoms with E-state index in [4.69, 9.17) is 0 Å². The Bertz CT molecular complexity index is 123. The van der Waals surface area contributed by atoms with Gasteiger partial charge in [0.25, 0.3) is 0 Å². The summed E-state index contributed by atoms with van der Waals surface area (Å²) < 4.78 is 0. The molecule has 3 heteroatoms. The Morgan fingerprint density at radius 1 is 1.80 bits per heavy atom. The topological polar surface area (TPSA) is 41.1 Å². The van der Waals surface area contributed by atoms with Crippen LogP contribution in [0.4, 0.5) is 0 Å². The van der Waals surface area contributed by atoms with Gasteiger partial charge in [-0.2, -0.15) is 0 Å². The molecule has 0 bridgehead atoms. The minimum Gasteiger partial charge on any atom is -0.358 e. The summed E-state index contributed by atoms with van der Waals surface area (Å²) in [6.45, 7) is 5.99. The Morgan fingerprint density at radius 2 is 2.40 bits per heavy atom. The van der Waals surface area contributed by atoms with Gasteiger partial charge >= 0.3 is 0 Å². The van der Waals surface area contributed by atoms with Crippen molar-refractivity contribution in [1.29, 1.82) is 0 Å². The molecule has 0 heterocycles. The van der Waals surface area contributed by atoms with Crippen LogP contribution in [0.2, 0.25) is 0 Å². The minimum atomic E-state index is -0.136. The summed E-state index contributed by atoms with van der Waals surface area (Å²) in [5, 5.41) is 5.49. The zero-order valence-corrected chi connectivity index (χ0v) is 6.48. The monoisotopic (exact) mass is 142 g/mol. The number of carbonyl (C=O) groups excluding carboxylic acids is 1. The van der Waals surface area contributed by atoms with Crippen LogP contribution in [0.5, 0.6) is 0 Å². The van der Waals surface area contributed by atoms with E-state index in [1.165, 1.54) is 0 Å². The molecule has 0 aromatic rings. The third-order valence-electron chi connectivity index (χ3n) is 1.21. The third-order valence-corrected chi connectivity index (χ3v) is 1.21. The first kappa shape index (κ1) is 9.17. The van der Waals surface area contributed by atoms with Gasteiger partial charge in [0, 0.05) is 13.6 Å². The largest absolute Gasteiger partial charge is 0.358 e. The molecule has 0 aromatic heterocycles. The van der Waals surface area contributed by atoms with Crippen molar-refractivity contribution in [3.63, 3.8) is 0 Å². The van der Waals surface area contributed by atoms with Gasteiger partial charge in [-0.15, -0.1) is 6.58 Å². The third kappa shape index (κ3) is 3.25. The quantitative estimate of drug-likeness (QED) is 0.538. The molecular formula is C7H14N2O. The summed E-state index contributed by atoms with van der Waals surface area (Å²) in [7, 11) is 1.62. The lowest BCUT2D eigenvalue weighted by atomic mass is 10.3. The van der Waals surface area contributed by atoms with Crippen molar-refractivity contribution in [1.82, 2.24) is 10.6 Å². The van der Waals surface area contributed by atoms with Crippen LogP contribution in [-0.4, -0.2) is 25.5 Å². The first-order valence-electron chi connectivity index (χ1n) is 3.28. The second-order valence-corrected chi connectivity index (χ2v) is 2.03. The Kier molecular flexibility index (Phi) is 4.58. The fourth-order valence-corrected chi connectivity index (χ4v) is 0.569. The highest BCUT2D eigenvalue weighted by Crippen LogP contribution is 1.78. The van der Waals surface area contributed by atoms with Gasteiger partial charge in [0.1, 0.15) is 0 Å². The van der Waals surface area contributed by atoms with E-state index in [1.807, 2.05) is 6.92 Å². The molecule has 10 heavy (non-hydrogen) atoms. The van der Waals surface area contributed by atoms with Crippen molar-refractivity contribution in [2.45, 2.75) is 13.0 Å². The second kappa shape index (κ2) is 4.99. The lowest BCUT2D eigenvalue weighted by Gasteiger charge is -2.09. The van der Waals surface area contributed by atoms with Crippen LogP contribution in [0, 0.1) is 0 Å². The van der Waals surface area contributed by atoms with E-state index < -0.39 is 0 Å². The zero-order chi connectivity index (χ0) is 7.98. The molecule has 0 radical (unpaired) electrons. The predicted molar refractivity (Wildman–Crippen MR) is 41.7 cm³/mol. The fourth-order valence-electron chi connectivity index (χ4n) is 0.569. The molecule has 1 unspecified atom stereocenters. The normalized spacial score (nSPS) is 12.2. The highest BCUT2D eigenvalue weighted by molar-refractivity contribution is 5.80. The van der Waals surface area contributed by atoms with Crippen molar-refractivity contribution >= 4 is 5.91 Å². The van der Waals surface area contributed by atoms with Gasteiger partial charge in [-0.25, -0.2) is 0 Å². The van der Waals surface area contributed by atoms with Gasteiger partial charge in [-0.3, -0.25) is 4.79 Å². The Balaban J connectivity index is 3.50. The maximum atomic E-state index is 10.8. The van der Waals surface area contributed by atoms with E-state index in [0.29, 0.717) is 6.54 Å². The summed E-state index contributed by atoms with van der Waals surface area (Å²) >= 11 is 0. The molecule has 1 amide bonds. The summed E-state index contributed by atoms with van der Waals surface area (Å²) in [6.07, 6.45) is 1.72. The predicted octanol–water partition coefficient (Wildman–Crippen LogP) is -0.103. The molecule has 0 rings (SSSR count). The molecule has 0 spiro atoms. The smallest absolute Gasteiger partial charge is 0.236 e. The molecule has 0 fully saturated rings. The van der Waals surface area contributed by atoms with Crippen LogP contribution >= 0.6 is 0 Å². The van der Waals surface area contributed by atoms with E-state index >= 15 is 0 Å². The first-order chi connectivity index (χ1) is 4.72.